The summed E-state index contributed by atoms with van der Waals surface area (Å²) in [6, 6.07) is 9.91. The van der Waals surface area contributed by atoms with Gasteiger partial charge in [-0.25, -0.2) is 0 Å². The summed E-state index contributed by atoms with van der Waals surface area (Å²) in [6.07, 6.45) is -4.91. The average molecular weight is 471 g/mol. The highest BCUT2D eigenvalue weighted by molar-refractivity contribution is 7.80. The molecule has 0 aliphatic heterocycles. The van der Waals surface area contributed by atoms with Crippen LogP contribution in [0.3, 0.4) is 0 Å². The maximum absolute atomic E-state index is 12.7. The second kappa shape index (κ2) is 9.61. The molecule has 0 saturated heterocycles. The van der Waals surface area contributed by atoms with Crippen LogP contribution < -0.4 is 20.9 Å². The largest absolute Gasteiger partial charge is 0.573 e. The van der Waals surface area contributed by atoms with Crippen molar-refractivity contribution in [3.05, 3.63) is 59.2 Å². The molecule has 2 aromatic rings. The molecule has 166 valence electrons. The van der Waals surface area contributed by atoms with Crippen molar-refractivity contribution >= 4 is 40.2 Å². The first-order valence-corrected chi connectivity index (χ1v) is 9.84. The van der Waals surface area contributed by atoms with Gasteiger partial charge in [0.25, 0.3) is 0 Å². The summed E-state index contributed by atoms with van der Waals surface area (Å²) >= 11 is 10.1. The Morgan fingerprint density at radius 1 is 1.03 bits per heavy atom. The minimum atomic E-state index is -4.81. The molecule has 1 atom stereocenters. The van der Waals surface area contributed by atoms with Crippen LogP contribution in [-0.4, -0.2) is 28.7 Å². The number of ketones is 1. The van der Waals surface area contributed by atoms with E-state index in [0.29, 0.717) is 11.3 Å². The van der Waals surface area contributed by atoms with Crippen molar-refractivity contribution in [1.29, 1.82) is 0 Å². The first-order chi connectivity index (χ1) is 14.3. The lowest BCUT2D eigenvalue weighted by atomic mass is 9.84. The highest BCUT2D eigenvalue weighted by atomic mass is 32.1. The number of halogens is 3. The molecule has 0 fully saturated rings. The predicted octanol–water partition coefficient (Wildman–Crippen LogP) is 4.47. The van der Waals surface area contributed by atoms with Crippen molar-refractivity contribution < 1.29 is 27.4 Å². The molecule has 0 aromatic heterocycles. The first-order valence-electron chi connectivity index (χ1n) is 9.03. The summed E-state index contributed by atoms with van der Waals surface area (Å²) in [5.74, 6) is -0.252. The quantitative estimate of drug-likeness (QED) is 0.413. The summed E-state index contributed by atoms with van der Waals surface area (Å²) in [5, 5.41) is 0. The fraction of sp³-hybridized carbons (Fsp3) is 0.286. The van der Waals surface area contributed by atoms with Gasteiger partial charge in [-0.1, -0.05) is 36.6 Å². The van der Waals surface area contributed by atoms with Gasteiger partial charge in [-0.05, 0) is 49.7 Å². The molecule has 0 amide bonds. The number of ether oxygens (including phenoxy) is 2. The molecular formula is C21H21F3N2O3S2. The van der Waals surface area contributed by atoms with Gasteiger partial charge in [0.15, 0.2) is 5.78 Å². The molecule has 0 aliphatic carbocycles. The van der Waals surface area contributed by atoms with Gasteiger partial charge in [0.2, 0.25) is 0 Å². The lowest BCUT2D eigenvalue weighted by Gasteiger charge is -2.28. The van der Waals surface area contributed by atoms with E-state index in [0.717, 1.165) is 17.7 Å². The van der Waals surface area contributed by atoms with Crippen LogP contribution in [0.5, 0.6) is 11.5 Å². The fourth-order valence-corrected chi connectivity index (χ4v) is 2.91. The van der Waals surface area contributed by atoms with Crippen LogP contribution in [0.15, 0.2) is 42.5 Å². The zero-order valence-electron chi connectivity index (χ0n) is 16.8. The minimum absolute atomic E-state index is 0.00493. The number of thiocarbonyl (C=S) groups is 2. The SMILES string of the molecule is Cc1ccc(C(N)=S)cc1OCC(C)(CC(=O)c1ccc(OC(F)(F)F)cc1)C(N)=S. The van der Waals surface area contributed by atoms with E-state index in [-0.39, 0.29) is 34.4 Å². The van der Waals surface area contributed by atoms with Crippen molar-refractivity contribution in [2.75, 3.05) is 6.61 Å². The van der Waals surface area contributed by atoms with Gasteiger partial charge < -0.3 is 20.9 Å². The van der Waals surface area contributed by atoms with Crippen LogP contribution in [-0.2, 0) is 0 Å². The summed E-state index contributed by atoms with van der Waals surface area (Å²) in [4.78, 5) is 13.0. The van der Waals surface area contributed by atoms with E-state index in [1.54, 1.807) is 25.1 Å². The van der Waals surface area contributed by atoms with Crippen molar-refractivity contribution in [2.24, 2.45) is 16.9 Å². The van der Waals surface area contributed by atoms with Crippen LogP contribution in [0, 0.1) is 12.3 Å². The van der Waals surface area contributed by atoms with E-state index in [1.807, 2.05) is 6.92 Å². The first kappa shape index (κ1) is 24.5. The Balaban J connectivity index is 2.14. The second-order valence-electron chi connectivity index (χ2n) is 7.23. The highest BCUT2D eigenvalue weighted by Crippen LogP contribution is 2.29. The third-order valence-electron chi connectivity index (χ3n) is 4.57. The summed E-state index contributed by atoms with van der Waals surface area (Å²) < 4.78 is 46.6. The van der Waals surface area contributed by atoms with Crippen LogP contribution in [0.2, 0.25) is 0 Å². The number of carbonyl (C=O) groups is 1. The summed E-state index contributed by atoms with van der Waals surface area (Å²) in [6.45, 7) is 3.53. The van der Waals surface area contributed by atoms with E-state index in [2.05, 4.69) is 4.74 Å². The zero-order valence-corrected chi connectivity index (χ0v) is 18.4. The van der Waals surface area contributed by atoms with Crippen LogP contribution in [0.4, 0.5) is 13.2 Å². The molecule has 5 nitrogen and oxygen atoms in total. The van der Waals surface area contributed by atoms with Gasteiger partial charge in [-0.3, -0.25) is 4.79 Å². The van der Waals surface area contributed by atoms with E-state index < -0.39 is 17.5 Å². The number of benzene rings is 2. The molecule has 2 aromatic carbocycles. The monoisotopic (exact) mass is 470 g/mol. The number of rotatable bonds is 9. The predicted molar refractivity (Wildman–Crippen MR) is 120 cm³/mol. The van der Waals surface area contributed by atoms with E-state index in [1.165, 1.54) is 12.1 Å². The molecule has 2 rings (SSSR count). The molecular weight excluding hydrogens is 449 g/mol. The Morgan fingerprint density at radius 3 is 2.13 bits per heavy atom. The van der Waals surface area contributed by atoms with Gasteiger partial charge in [0.1, 0.15) is 23.1 Å². The highest BCUT2D eigenvalue weighted by Gasteiger charge is 2.33. The number of hydrogen-bond donors (Lipinski definition) is 2. The van der Waals surface area contributed by atoms with Gasteiger partial charge in [0, 0.05) is 17.5 Å². The average Bonchev–Trinajstić information content (AvgIpc) is 2.66. The molecule has 4 N–H and O–H groups in total. The van der Waals surface area contributed by atoms with Crippen LogP contribution in [0.1, 0.15) is 34.8 Å². The summed E-state index contributed by atoms with van der Waals surface area (Å²) in [7, 11) is 0. The topological polar surface area (TPSA) is 87.6 Å². The van der Waals surface area contributed by atoms with Crippen LogP contribution >= 0.6 is 24.4 Å². The molecule has 31 heavy (non-hydrogen) atoms. The minimum Gasteiger partial charge on any atom is -0.492 e. The van der Waals surface area contributed by atoms with E-state index in [9.17, 15) is 18.0 Å². The molecule has 10 heteroatoms. The smallest absolute Gasteiger partial charge is 0.492 e. The maximum Gasteiger partial charge on any atom is 0.573 e. The van der Waals surface area contributed by atoms with E-state index >= 15 is 0 Å². The number of aryl methyl sites for hydroxylation is 1. The third-order valence-corrected chi connectivity index (χ3v) is 5.30. The van der Waals surface area contributed by atoms with Gasteiger partial charge >= 0.3 is 6.36 Å². The molecule has 0 spiro atoms. The number of hydrogen-bond acceptors (Lipinski definition) is 5. The Labute approximate surface area is 188 Å². The summed E-state index contributed by atoms with van der Waals surface area (Å²) in [5.41, 5.74) is 12.2. The number of nitrogens with two attached hydrogens (primary N) is 2. The number of Topliss-reactive ketones (excluding diaryl/α,β-unsaturated/α-hetero) is 1. The molecule has 0 saturated carbocycles. The number of carbonyl (C=O) groups excluding carboxylic acids is 1. The Morgan fingerprint density at radius 2 is 1.61 bits per heavy atom. The van der Waals surface area contributed by atoms with Crippen molar-refractivity contribution in [3.8, 4) is 11.5 Å². The van der Waals surface area contributed by atoms with Gasteiger partial charge in [-0.2, -0.15) is 0 Å². The third kappa shape index (κ3) is 6.90. The standard InChI is InChI=1S/C21H21F3N2O3S2/c1-12-3-4-14(18(25)30)9-17(12)28-11-20(2,19(26)31)10-16(27)13-5-7-15(8-6-13)29-21(22,23)24/h3-9H,10-11H2,1-2H3,(H2,25,30)(H2,26,31). The molecule has 1 unspecified atom stereocenters. The molecule has 0 bridgehead atoms. The van der Waals surface area contributed by atoms with Crippen LogP contribution in [0.25, 0.3) is 0 Å². The fourth-order valence-electron chi connectivity index (χ4n) is 2.65. The molecule has 0 aliphatic rings. The van der Waals surface area contributed by atoms with Crippen molar-refractivity contribution in [1.82, 2.24) is 0 Å². The lowest BCUT2D eigenvalue weighted by Crippen LogP contribution is -2.40. The second-order valence-corrected chi connectivity index (χ2v) is 8.11. The van der Waals surface area contributed by atoms with Gasteiger partial charge in [0.05, 0.1) is 10.4 Å². The number of alkyl halides is 3. The Hall–Kier alpha value is -2.72. The Kier molecular flexibility index (Phi) is 7.61. The molecule has 0 heterocycles. The maximum atomic E-state index is 12.7. The molecule has 0 radical (unpaired) electrons. The van der Waals surface area contributed by atoms with Gasteiger partial charge in [-0.15, -0.1) is 13.2 Å². The van der Waals surface area contributed by atoms with Crippen molar-refractivity contribution in [3.63, 3.8) is 0 Å². The lowest BCUT2D eigenvalue weighted by molar-refractivity contribution is -0.274. The zero-order chi connectivity index (χ0) is 23.4. The Bertz CT molecular complexity index is 994. The van der Waals surface area contributed by atoms with E-state index in [4.69, 9.17) is 40.6 Å². The van der Waals surface area contributed by atoms with Crippen molar-refractivity contribution in [2.45, 2.75) is 26.6 Å². The normalized spacial score (nSPS) is 13.2.